The van der Waals surface area contributed by atoms with Crippen LogP contribution in [0.4, 0.5) is 0 Å². The molecule has 0 bridgehead atoms. The maximum absolute atomic E-state index is 8.96. The fraction of sp³-hybridized carbons (Fsp3) is 0.286. The van der Waals surface area contributed by atoms with Gasteiger partial charge in [-0.1, -0.05) is 12.1 Å². The van der Waals surface area contributed by atoms with Gasteiger partial charge in [-0.2, -0.15) is 10.4 Å². The summed E-state index contributed by atoms with van der Waals surface area (Å²) in [4.78, 5) is 8.81. The number of aryl methyl sites for hydroxylation is 1. The van der Waals surface area contributed by atoms with Crippen LogP contribution in [0.25, 0.3) is 11.0 Å². The average Bonchev–Trinajstić information content (AvgIpc) is 3.05. The number of nitriles is 1. The molecule has 0 amide bonds. The topological polar surface area (TPSA) is 72.3 Å². The lowest BCUT2D eigenvalue weighted by Crippen LogP contribution is -2.11. The molecule has 20 heavy (non-hydrogen) atoms. The van der Waals surface area contributed by atoms with Gasteiger partial charge in [0, 0.05) is 6.54 Å². The summed E-state index contributed by atoms with van der Waals surface area (Å²) in [6, 6.07) is 10.1. The molecule has 0 saturated heterocycles. The third-order valence-electron chi connectivity index (χ3n) is 3.27. The Balaban J connectivity index is 2.09. The van der Waals surface area contributed by atoms with Crippen LogP contribution >= 0.6 is 0 Å². The van der Waals surface area contributed by atoms with E-state index in [1.165, 1.54) is 0 Å². The molecule has 0 aliphatic rings. The van der Waals surface area contributed by atoms with Gasteiger partial charge in [-0.05, 0) is 19.1 Å². The smallest absolute Gasteiger partial charge is 0.146 e. The number of nitrogens with zero attached hydrogens (tertiary/aromatic N) is 6. The van der Waals surface area contributed by atoms with Gasteiger partial charge in [0.15, 0.2) is 0 Å². The highest BCUT2D eigenvalue weighted by Crippen LogP contribution is 2.17. The van der Waals surface area contributed by atoms with Gasteiger partial charge in [-0.15, -0.1) is 0 Å². The Bertz CT molecular complexity index is 776. The second kappa shape index (κ2) is 5.13. The average molecular weight is 266 g/mol. The molecule has 0 aliphatic heterocycles. The number of aromatic nitrogens is 5. The first-order valence-electron chi connectivity index (χ1n) is 6.51. The Morgan fingerprint density at radius 2 is 2.10 bits per heavy atom. The Hall–Kier alpha value is -2.68. The fourth-order valence-electron chi connectivity index (χ4n) is 2.32. The van der Waals surface area contributed by atoms with Crippen molar-refractivity contribution in [3.63, 3.8) is 0 Å². The van der Waals surface area contributed by atoms with Gasteiger partial charge in [0.05, 0.1) is 30.1 Å². The van der Waals surface area contributed by atoms with Crippen molar-refractivity contribution in [3.8, 4) is 6.07 Å². The number of para-hydroxylation sites is 2. The molecule has 100 valence electrons. The highest BCUT2D eigenvalue weighted by molar-refractivity contribution is 5.76. The van der Waals surface area contributed by atoms with E-state index < -0.39 is 0 Å². The standard InChI is InChI=1S/C14H14N6/c1-2-20-14(16-10-17-20)9-19-12-6-4-3-5-11(12)18-13(19)7-8-15/h3-6,10H,2,7,9H2,1H3. The molecule has 6 nitrogen and oxygen atoms in total. The first kappa shape index (κ1) is 12.4. The van der Waals surface area contributed by atoms with Gasteiger partial charge in [0.25, 0.3) is 0 Å². The Morgan fingerprint density at radius 1 is 1.25 bits per heavy atom. The summed E-state index contributed by atoms with van der Waals surface area (Å²) in [5.74, 6) is 1.63. The first-order chi connectivity index (χ1) is 9.83. The fourth-order valence-corrected chi connectivity index (χ4v) is 2.32. The molecular formula is C14H14N6. The van der Waals surface area contributed by atoms with Crippen LogP contribution in [0.5, 0.6) is 0 Å². The molecule has 0 aliphatic carbocycles. The molecule has 2 heterocycles. The molecule has 0 unspecified atom stereocenters. The highest BCUT2D eigenvalue weighted by atomic mass is 15.3. The second-order valence-corrected chi connectivity index (χ2v) is 4.43. The predicted octanol–water partition coefficient (Wildman–Crippen LogP) is 1.76. The third-order valence-corrected chi connectivity index (χ3v) is 3.27. The van der Waals surface area contributed by atoms with Crippen molar-refractivity contribution in [2.45, 2.75) is 26.4 Å². The summed E-state index contributed by atoms with van der Waals surface area (Å²) >= 11 is 0. The Labute approximate surface area is 116 Å². The number of imidazole rings is 1. The largest absolute Gasteiger partial charge is 0.319 e. The third kappa shape index (κ3) is 2.03. The van der Waals surface area contributed by atoms with E-state index in [-0.39, 0.29) is 6.42 Å². The second-order valence-electron chi connectivity index (χ2n) is 4.43. The Kier molecular flexibility index (Phi) is 3.17. The molecule has 3 rings (SSSR count). The lowest BCUT2D eigenvalue weighted by atomic mass is 10.3. The van der Waals surface area contributed by atoms with Crippen LogP contribution in [0.2, 0.25) is 0 Å². The zero-order chi connectivity index (χ0) is 13.9. The van der Waals surface area contributed by atoms with Crippen molar-refractivity contribution in [1.82, 2.24) is 24.3 Å². The summed E-state index contributed by atoms with van der Waals surface area (Å²) < 4.78 is 3.89. The minimum absolute atomic E-state index is 0.287. The Morgan fingerprint density at radius 3 is 2.90 bits per heavy atom. The van der Waals surface area contributed by atoms with Crippen molar-refractivity contribution in [3.05, 3.63) is 42.2 Å². The van der Waals surface area contributed by atoms with E-state index in [0.717, 1.165) is 29.2 Å². The molecule has 3 aromatic rings. The van der Waals surface area contributed by atoms with Gasteiger partial charge < -0.3 is 4.57 Å². The van der Waals surface area contributed by atoms with E-state index in [1.54, 1.807) is 6.33 Å². The molecule has 0 spiro atoms. The van der Waals surface area contributed by atoms with Crippen LogP contribution in [0.15, 0.2) is 30.6 Å². The van der Waals surface area contributed by atoms with Crippen molar-refractivity contribution >= 4 is 11.0 Å². The summed E-state index contributed by atoms with van der Waals surface area (Å²) in [7, 11) is 0. The maximum atomic E-state index is 8.96. The maximum Gasteiger partial charge on any atom is 0.146 e. The lowest BCUT2D eigenvalue weighted by Gasteiger charge is -2.08. The van der Waals surface area contributed by atoms with Gasteiger partial charge in [-0.3, -0.25) is 0 Å². The first-order valence-corrected chi connectivity index (χ1v) is 6.51. The number of hydrogen-bond donors (Lipinski definition) is 0. The SMILES string of the molecule is CCn1ncnc1Cn1c(CC#N)nc2ccccc21. The molecule has 6 heteroatoms. The number of fused-ring (bicyclic) bond motifs is 1. The summed E-state index contributed by atoms with van der Waals surface area (Å²) in [5, 5.41) is 13.1. The zero-order valence-electron chi connectivity index (χ0n) is 11.2. The van der Waals surface area contributed by atoms with Crippen LogP contribution in [0.1, 0.15) is 18.6 Å². The van der Waals surface area contributed by atoms with Gasteiger partial charge >= 0.3 is 0 Å². The quantitative estimate of drug-likeness (QED) is 0.721. The highest BCUT2D eigenvalue weighted by Gasteiger charge is 2.12. The molecule has 0 N–H and O–H groups in total. The van der Waals surface area contributed by atoms with Crippen LogP contribution in [-0.2, 0) is 19.5 Å². The predicted molar refractivity (Wildman–Crippen MR) is 73.8 cm³/mol. The molecule has 0 fully saturated rings. The van der Waals surface area contributed by atoms with Gasteiger partial charge in [0.2, 0.25) is 0 Å². The van der Waals surface area contributed by atoms with E-state index in [1.807, 2.05) is 40.4 Å². The summed E-state index contributed by atoms with van der Waals surface area (Å²) in [5.41, 5.74) is 1.92. The summed E-state index contributed by atoms with van der Waals surface area (Å²) in [6.07, 6.45) is 1.84. The molecule has 0 atom stereocenters. The molecule has 2 aromatic heterocycles. The van der Waals surface area contributed by atoms with Crippen LogP contribution in [-0.4, -0.2) is 24.3 Å². The van der Waals surface area contributed by atoms with Crippen LogP contribution < -0.4 is 0 Å². The van der Waals surface area contributed by atoms with Gasteiger partial charge in [0.1, 0.15) is 18.0 Å². The van der Waals surface area contributed by atoms with Crippen LogP contribution in [0.3, 0.4) is 0 Å². The normalized spacial score (nSPS) is 10.8. The monoisotopic (exact) mass is 266 g/mol. The molecule has 0 radical (unpaired) electrons. The summed E-state index contributed by atoms with van der Waals surface area (Å²) in [6.45, 7) is 3.38. The number of rotatable bonds is 4. The molecule has 0 saturated carbocycles. The lowest BCUT2D eigenvalue weighted by molar-refractivity contribution is 0.590. The number of benzene rings is 1. The van der Waals surface area contributed by atoms with E-state index >= 15 is 0 Å². The molecular weight excluding hydrogens is 252 g/mol. The van der Waals surface area contributed by atoms with E-state index in [2.05, 4.69) is 21.1 Å². The van der Waals surface area contributed by atoms with Crippen molar-refractivity contribution < 1.29 is 0 Å². The molecule has 1 aromatic carbocycles. The minimum Gasteiger partial charge on any atom is -0.319 e. The van der Waals surface area contributed by atoms with Crippen molar-refractivity contribution in [1.29, 1.82) is 5.26 Å². The van der Waals surface area contributed by atoms with Gasteiger partial charge in [-0.25, -0.2) is 14.6 Å². The number of hydrogen-bond acceptors (Lipinski definition) is 4. The van der Waals surface area contributed by atoms with E-state index in [9.17, 15) is 0 Å². The van der Waals surface area contributed by atoms with E-state index in [0.29, 0.717) is 6.54 Å². The van der Waals surface area contributed by atoms with E-state index in [4.69, 9.17) is 5.26 Å². The van der Waals surface area contributed by atoms with Crippen molar-refractivity contribution in [2.75, 3.05) is 0 Å². The van der Waals surface area contributed by atoms with Crippen molar-refractivity contribution in [2.24, 2.45) is 0 Å². The van der Waals surface area contributed by atoms with Crippen LogP contribution in [0, 0.1) is 11.3 Å². The minimum atomic E-state index is 0.287. The zero-order valence-corrected chi connectivity index (χ0v) is 11.2.